The Bertz CT molecular complexity index is 507. The summed E-state index contributed by atoms with van der Waals surface area (Å²) in [6, 6.07) is 3.20. The second kappa shape index (κ2) is 7.41. The van der Waals surface area contributed by atoms with E-state index in [0.717, 1.165) is 25.9 Å². The Morgan fingerprint density at radius 3 is 2.67 bits per heavy atom. The van der Waals surface area contributed by atoms with Crippen LogP contribution < -0.4 is 5.32 Å². The minimum atomic E-state index is -0.228. The van der Waals surface area contributed by atoms with Crippen molar-refractivity contribution in [2.75, 3.05) is 19.6 Å². The summed E-state index contributed by atoms with van der Waals surface area (Å²) in [6.07, 6.45) is 3.69. The van der Waals surface area contributed by atoms with Crippen molar-refractivity contribution in [1.29, 1.82) is 0 Å². The number of aryl methyl sites for hydroxylation is 1. The number of aromatic nitrogens is 1. The molecular weight excluding hydrogens is 290 g/mol. The molecule has 1 N–H and O–H groups in total. The van der Waals surface area contributed by atoms with Crippen LogP contribution >= 0.6 is 11.6 Å². The molecule has 0 spiro atoms. The van der Waals surface area contributed by atoms with Crippen LogP contribution in [0.25, 0.3) is 0 Å². The Labute approximate surface area is 129 Å². The quantitative estimate of drug-likeness (QED) is 0.867. The summed E-state index contributed by atoms with van der Waals surface area (Å²) in [5, 5.41) is 3.05. The van der Waals surface area contributed by atoms with Crippen LogP contribution in [0.15, 0.2) is 12.1 Å². The van der Waals surface area contributed by atoms with Gasteiger partial charge in [-0.3, -0.25) is 9.59 Å². The Morgan fingerprint density at radius 1 is 1.29 bits per heavy atom. The van der Waals surface area contributed by atoms with Crippen molar-refractivity contribution < 1.29 is 9.59 Å². The molecule has 1 aliphatic heterocycles. The highest BCUT2D eigenvalue weighted by Gasteiger charge is 2.16. The van der Waals surface area contributed by atoms with Crippen molar-refractivity contribution in [2.24, 2.45) is 0 Å². The number of rotatable bonds is 4. The number of hydrogen-bond acceptors (Lipinski definition) is 3. The first-order valence-corrected chi connectivity index (χ1v) is 7.64. The number of halogens is 1. The smallest absolute Gasteiger partial charge is 0.251 e. The largest absolute Gasteiger partial charge is 0.352 e. The van der Waals surface area contributed by atoms with Crippen molar-refractivity contribution in [3.63, 3.8) is 0 Å². The summed E-state index contributed by atoms with van der Waals surface area (Å²) in [6.45, 7) is 3.80. The number of hydrogen-bond donors (Lipinski definition) is 1. The summed E-state index contributed by atoms with van der Waals surface area (Å²) >= 11 is 5.83. The molecule has 2 heterocycles. The van der Waals surface area contributed by atoms with Crippen molar-refractivity contribution >= 4 is 23.4 Å². The van der Waals surface area contributed by atoms with E-state index < -0.39 is 0 Å². The van der Waals surface area contributed by atoms with E-state index in [0.29, 0.717) is 29.4 Å². The highest BCUT2D eigenvalue weighted by Crippen LogP contribution is 2.11. The first-order valence-electron chi connectivity index (χ1n) is 7.26. The number of carbonyl (C=O) groups excluding carboxylic acids is 2. The molecule has 1 aromatic rings. The van der Waals surface area contributed by atoms with Gasteiger partial charge in [0, 0.05) is 37.3 Å². The molecule has 21 heavy (non-hydrogen) atoms. The third-order valence-electron chi connectivity index (χ3n) is 3.52. The van der Waals surface area contributed by atoms with Gasteiger partial charge in [0.25, 0.3) is 5.91 Å². The Hall–Kier alpha value is -1.62. The maximum absolute atomic E-state index is 12.0. The highest BCUT2D eigenvalue weighted by atomic mass is 35.5. The fourth-order valence-electron chi connectivity index (χ4n) is 2.45. The number of carbonyl (C=O) groups is 2. The minimum Gasteiger partial charge on any atom is -0.352 e. The van der Waals surface area contributed by atoms with Crippen LogP contribution in [-0.4, -0.2) is 41.3 Å². The standard InChI is InChI=1S/C15H20ClN3O2/c1-11-9-12(10-13(16)18-11)15(21)17-6-5-14(20)19-7-3-2-4-8-19/h9-10H,2-8H2,1H3,(H,17,21). The molecular formula is C15H20ClN3O2. The molecule has 1 aliphatic rings. The van der Waals surface area contributed by atoms with E-state index >= 15 is 0 Å². The molecule has 114 valence electrons. The molecule has 1 saturated heterocycles. The van der Waals surface area contributed by atoms with E-state index in [1.165, 1.54) is 12.5 Å². The molecule has 0 bridgehead atoms. The molecule has 1 aromatic heterocycles. The molecule has 0 aromatic carbocycles. The average Bonchev–Trinajstić information content (AvgIpc) is 2.47. The van der Waals surface area contributed by atoms with Gasteiger partial charge in [0.15, 0.2) is 0 Å². The van der Waals surface area contributed by atoms with Gasteiger partial charge < -0.3 is 10.2 Å². The van der Waals surface area contributed by atoms with Crippen LogP contribution in [0.5, 0.6) is 0 Å². The zero-order valence-corrected chi connectivity index (χ0v) is 12.9. The summed E-state index contributed by atoms with van der Waals surface area (Å²) in [4.78, 5) is 29.8. The number of likely N-dealkylation sites (tertiary alicyclic amines) is 1. The average molecular weight is 310 g/mol. The maximum atomic E-state index is 12.0. The first-order chi connectivity index (χ1) is 10.1. The molecule has 0 saturated carbocycles. The van der Waals surface area contributed by atoms with Gasteiger partial charge in [-0.25, -0.2) is 4.98 Å². The number of amides is 2. The van der Waals surface area contributed by atoms with E-state index in [-0.39, 0.29) is 11.8 Å². The number of nitrogens with zero attached hydrogens (tertiary/aromatic N) is 2. The van der Waals surface area contributed by atoms with E-state index in [2.05, 4.69) is 10.3 Å². The van der Waals surface area contributed by atoms with Crippen LogP contribution in [0.4, 0.5) is 0 Å². The normalized spacial score (nSPS) is 14.9. The van der Waals surface area contributed by atoms with Crippen LogP contribution in [0.2, 0.25) is 5.15 Å². The summed E-state index contributed by atoms with van der Waals surface area (Å²) in [5.41, 5.74) is 1.16. The Balaban J connectivity index is 1.79. The van der Waals surface area contributed by atoms with E-state index in [1.807, 2.05) is 4.90 Å². The van der Waals surface area contributed by atoms with Crippen molar-refractivity contribution in [1.82, 2.24) is 15.2 Å². The van der Waals surface area contributed by atoms with Crippen LogP contribution in [0.3, 0.4) is 0 Å². The maximum Gasteiger partial charge on any atom is 0.251 e. The molecule has 0 unspecified atom stereocenters. The highest BCUT2D eigenvalue weighted by molar-refractivity contribution is 6.29. The van der Waals surface area contributed by atoms with Gasteiger partial charge in [-0.15, -0.1) is 0 Å². The number of piperidine rings is 1. The van der Waals surface area contributed by atoms with Crippen molar-refractivity contribution in [3.05, 3.63) is 28.5 Å². The third kappa shape index (κ3) is 4.70. The van der Waals surface area contributed by atoms with E-state index in [9.17, 15) is 9.59 Å². The number of pyridine rings is 1. The Kier molecular flexibility index (Phi) is 5.56. The van der Waals surface area contributed by atoms with Gasteiger partial charge in [-0.05, 0) is 38.3 Å². The lowest BCUT2D eigenvalue weighted by molar-refractivity contribution is -0.131. The molecule has 2 amide bonds. The molecule has 1 fully saturated rings. The van der Waals surface area contributed by atoms with Crippen molar-refractivity contribution in [3.8, 4) is 0 Å². The molecule has 5 nitrogen and oxygen atoms in total. The molecule has 0 atom stereocenters. The van der Waals surface area contributed by atoms with Gasteiger partial charge in [0.2, 0.25) is 5.91 Å². The van der Waals surface area contributed by atoms with Crippen molar-refractivity contribution in [2.45, 2.75) is 32.6 Å². The second-order valence-electron chi connectivity index (χ2n) is 5.27. The SMILES string of the molecule is Cc1cc(C(=O)NCCC(=O)N2CCCCC2)cc(Cl)n1. The van der Waals surface area contributed by atoms with Gasteiger partial charge in [0.05, 0.1) is 0 Å². The fraction of sp³-hybridized carbons (Fsp3) is 0.533. The summed E-state index contributed by atoms with van der Waals surface area (Å²) in [7, 11) is 0. The zero-order valence-electron chi connectivity index (χ0n) is 12.2. The predicted molar refractivity (Wildman–Crippen MR) is 81.4 cm³/mol. The molecule has 0 aliphatic carbocycles. The topological polar surface area (TPSA) is 62.3 Å². The van der Waals surface area contributed by atoms with Gasteiger partial charge >= 0.3 is 0 Å². The fourth-order valence-corrected chi connectivity index (χ4v) is 2.70. The van der Waals surface area contributed by atoms with Gasteiger partial charge in [-0.2, -0.15) is 0 Å². The predicted octanol–water partition coefficient (Wildman–Crippen LogP) is 2.18. The lowest BCUT2D eigenvalue weighted by atomic mass is 10.1. The first kappa shape index (κ1) is 15.8. The van der Waals surface area contributed by atoms with Crippen LogP contribution in [0, 0.1) is 6.92 Å². The lowest BCUT2D eigenvalue weighted by Gasteiger charge is -2.26. The van der Waals surface area contributed by atoms with E-state index in [1.54, 1.807) is 13.0 Å². The molecule has 2 rings (SSSR count). The van der Waals surface area contributed by atoms with Gasteiger partial charge in [0.1, 0.15) is 5.15 Å². The van der Waals surface area contributed by atoms with Crippen LogP contribution in [0.1, 0.15) is 41.7 Å². The summed E-state index contributed by atoms with van der Waals surface area (Å²) in [5.74, 6) is -0.118. The monoisotopic (exact) mass is 309 g/mol. The van der Waals surface area contributed by atoms with Gasteiger partial charge in [-0.1, -0.05) is 11.6 Å². The zero-order chi connectivity index (χ0) is 15.2. The minimum absolute atomic E-state index is 0.110. The molecule has 0 radical (unpaired) electrons. The number of nitrogens with one attached hydrogen (secondary N) is 1. The van der Waals surface area contributed by atoms with E-state index in [4.69, 9.17) is 11.6 Å². The third-order valence-corrected chi connectivity index (χ3v) is 3.71. The molecule has 6 heteroatoms. The van der Waals surface area contributed by atoms with Crippen LogP contribution in [-0.2, 0) is 4.79 Å². The summed E-state index contributed by atoms with van der Waals surface area (Å²) < 4.78 is 0. The second-order valence-corrected chi connectivity index (χ2v) is 5.65. The Morgan fingerprint density at radius 2 is 2.00 bits per heavy atom. The lowest BCUT2D eigenvalue weighted by Crippen LogP contribution is -2.37.